The summed E-state index contributed by atoms with van der Waals surface area (Å²) in [5.41, 5.74) is 2.97. The number of hydrogen-bond acceptors (Lipinski definition) is 5. The molecule has 0 radical (unpaired) electrons. The van der Waals surface area contributed by atoms with Crippen LogP contribution in [0.15, 0.2) is 40.8 Å². The lowest BCUT2D eigenvalue weighted by atomic mass is 10.1. The first kappa shape index (κ1) is 18.8. The maximum absolute atomic E-state index is 13.0. The number of nitrogens with zero attached hydrogens (tertiary/aromatic N) is 2. The molecule has 1 N–H and O–H groups in total. The van der Waals surface area contributed by atoms with Crippen molar-refractivity contribution in [2.75, 3.05) is 13.2 Å². The molecule has 0 spiro atoms. The van der Waals surface area contributed by atoms with E-state index in [1.807, 2.05) is 36.6 Å². The number of ether oxygens (including phenoxy) is 1. The third-order valence-corrected chi connectivity index (χ3v) is 5.94. The van der Waals surface area contributed by atoms with Crippen LogP contribution < -0.4 is 10.9 Å². The van der Waals surface area contributed by atoms with Crippen LogP contribution in [0.2, 0.25) is 0 Å². The van der Waals surface area contributed by atoms with Crippen LogP contribution >= 0.6 is 11.3 Å². The van der Waals surface area contributed by atoms with Crippen LogP contribution in [0, 0.1) is 6.92 Å². The summed E-state index contributed by atoms with van der Waals surface area (Å²) in [5.74, 6) is -0.0772. The summed E-state index contributed by atoms with van der Waals surface area (Å²) in [6.07, 6.45) is 3.93. The first-order valence-corrected chi connectivity index (χ1v) is 10.4. The van der Waals surface area contributed by atoms with Crippen LogP contribution in [0.25, 0.3) is 21.3 Å². The summed E-state index contributed by atoms with van der Waals surface area (Å²) in [6, 6.07) is 8.11. The zero-order valence-electron chi connectivity index (χ0n) is 15.8. The van der Waals surface area contributed by atoms with Gasteiger partial charge in [-0.1, -0.05) is 29.8 Å². The summed E-state index contributed by atoms with van der Waals surface area (Å²) in [5, 5.41) is 5.49. The standard InChI is InChI=1S/C21H23N3O3S/c1-14-4-6-15(7-5-14)17-12-28-20-19(17)21(26)24(13-23-20)9-8-18(25)22-11-16-3-2-10-27-16/h4-7,12-13,16H,2-3,8-11H2,1H3,(H,22,25). The van der Waals surface area contributed by atoms with Crippen LogP contribution in [0.3, 0.4) is 0 Å². The Labute approximate surface area is 167 Å². The molecule has 4 rings (SSSR count). The number of nitrogens with one attached hydrogen (secondary N) is 1. The summed E-state index contributed by atoms with van der Waals surface area (Å²) in [4.78, 5) is 30.3. The van der Waals surface area contributed by atoms with Crippen LogP contribution in [0.5, 0.6) is 0 Å². The normalized spacial score (nSPS) is 16.5. The van der Waals surface area contributed by atoms with Gasteiger partial charge < -0.3 is 10.1 Å². The van der Waals surface area contributed by atoms with E-state index in [1.165, 1.54) is 27.8 Å². The van der Waals surface area contributed by atoms with Crippen LogP contribution in [0.4, 0.5) is 0 Å². The maximum atomic E-state index is 13.0. The van der Waals surface area contributed by atoms with Gasteiger partial charge in [-0.15, -0.1) is 11.3 Å². The van der Waals surface area contributed by atoms with Crippen LogP contribution in [-0.2, 0) is 16.1 Å². The number of aromatic nitrogens is 2. The highest BCUT2D eigenvalue weighted by molar-refractivity contribution is 7.17. The van der Waals surface area contributed by atoms with Crippen molar-refractivity contribution in [2.45, 2.75) is 38.8 Å². The Morgan fingerprint density at radius 2 is 2.18 bits per heavy atom. The topological polar surface area (TPSA) is 73.2 Å². The molecular weight excluding hydrogens is 374 g/mol. The zero-order chi connectivity index (χ0) is 19.5. The molecule has 0 aliphatic carbocycles. The van der Waals surface area contributed by atoms with Crippen molar-refractivity contribution >= 4 is 27.5 Å². The molecule has 0 bridgehead atoms. The molecule has 3 aromatic rings. The second-order valence-corrected chi connectivity index (χ2v) is 7.99. The van der Waals surface area contributed by atoms with E-state index in [0.29, 0.717) is 18.5 Å². The van der Waals surface area contributed by atoms with E-state index in [4.69, 9.17) is 4.74 Å². The second kappa shape index (κ2) is 8.24. The Hall–Kier alpha value is -2.51. The van der Waals surface area contributed by atoms with Gasteiger partial charge in [-0.05, 0) is 25.3 Å². The molecule has 6 nitrogen and oxygen atoms in total. The number of benzene rings is 1. The Morgan fingerprint density at radius 1 is 1.36 bits per heavy atom. The predicted molar refractivity (Wildman–Crippen MR) is 111 cm³/mol. The molecule has 7 heteroatoms. The van der Waals surface area contributed by atoms with Crippen molar-refractivity contribution in [3.63, 3.8) is 0 Å². The number of fused-ring (bicyclic) bond motifs is 1. The Balaban J connectivity index is 1.49. The molecular formula is C21H23N3O3S. The Morgan fingerprint density at radius 3 is 2.93 bits per heavy atom. The molecule has 28 heavy (non-hydrogen) atoms. The van der Waals surface area contributed by atoms with Crippen molar-refractivity contribution in [1.29, 1.82) is 0 Å². The van der Waals surface area contributed by atoms with Crippen molar-refractivity contribution < 1.29 is 9.53 Å². The molecule has 1 aromatic carbocycles. The third kappa shape index (κ3) is 4.00. The van der Waals surface area contributed by atoms with E-state index in [9.17, 15) is 9.59 Å². The van der Waals surface area contributed by atoms with E-state index in [-0.39, 0.29) is 24.0 Å². The monoisotopic (exact) mass is 397 g/mol. The van der Waals surface area contributed by atoms with Gasteiger partial charge in [0, 0.05) is 37.1 Å². The molecule has 146 valence electrons. The molecule has 1 aliphatic heterocycles. The quantitative estimate of drug-likeness (QED) is 0.694. The fraction of sp³-hybridized carbons (Fsp3) is 0.381. The number of amides is 1. The Bertz CT molecular complexity index is 1030. The van der Waals surface area contributed by atoms with Gasteiger partial charge in [-0.2, -0.15) is 0 Å². The van der Waals surface area contributed by atoms with E-state index < -0.39 is 0 Å². The minimum Gasteiger partial charge on any atom is -0.376 e. The summed E-state index contributed by atoms with van der Waals surface area (Å²) >= 11 is 1.46. The number of hydrogen-bond donors (Lipinski definition) is 1. The SMILES string of the molecule is Cc1ccc(-c2csc3ncn(CCC(=O)NCC4CCCO4)c(=O)c23)cc1. The molecule has 1 unspecified atom stereocenters. The highest BCUT2D eigenvalue weighted by Gasteiger charge is 2.17. The van der Waals surface area contributed by atoms with Crippen molar-refractivity contribution in [1.82, 2.24) is 14.9 Å². The van der Waals surface area contributed by atoms with E-state index >= 15 is 0 Å². The summed E-state index contributed by atoms with van der Waals surface area (Å²) in [6.45, 7) is 3.65. The minimum absolute atomic E-state index is 0.0772. The van der Waals surface area contributed by atoms with Gasteiger partial charge in [0.2, 0.25) is 5.91 Å². The fourth-order valence-corrected chi connectivity index (χ4v) is 4.32. The smallest absolute Gasteiger partial charge is 0.262 e. The molecule has 1 amide bonds. The van der Waals surface area contributed by atoms with Crippen molar-refractivity contribution in [3.8, 4) is 11.1 Å². The van der Waals surface area contributed by atoms with Crippen LogP contribution in [-0.4, -0.2) is 34.7 Å². The number of aryl methyl sites for hydroxylation is 2. The van der Waals surface area contributed by atoms with E-state index in [1.54, 1.807) is 0 Å². The van der Waals surface area contributed by atoms with E-state index in [2.05, 4.69) is 10.3 Å². The Kier molecular flexibility index (Phi) is 5.54. The molecule has 1 aliphatic rings. The highest BCUT2D eigenvalue weighted by atomic mass is 32.1. The predicted octanol–water partition coefficient (Wildman–Crippen LogP) is 3.12. The van der Waals surface area contributed by atoms with Gasteiger partial charge in [0.1, 0.15) is 4.83 Å². The van der Waals surface area contributed by atoms with Gasteiger partial charge in [0.25, 0.3) is 5.56 Å². The fourth-order valence-electron chi connectivity index (χ4n) is 3.42. The number of carbonyl (C=O) groups excluding carboxylic acids is 1. The molecule has 3 heterocycles. The highest BCUT2D eigenvalue weighted by Crippen LogP contribution is 2.30. The molecule has 1 atom stereocenters. The average molecular weight is 398 g/mol. The van der Waals surface area contributed by atoms with Gasteiger partial charge in [-0.25, -0.2) is 4.98 Å². The molecule has 1 saturated heterocycles. The lowest BCUT2D eigenvalue weighted by Gasteiger charge is -2.11. The first-order chi connectivity index (χ1) is 13.6. The number of carbonyl (C=O) groups is 1. The summed E-state index contributed by atoms with van der Waals surface area (Å²) < 4.78 is 7.03. The van der Waals surface area contributed by atoms with Crippen molar-refractivity contribution in [3.05, 3.63) is 51.9 Å². The average Bonchev–Trinajstić information content (AvgIpc) is 3.36. The molecule has 2 aromatic heterocycles. The van der Waals surface area contributed by atoms with Crippen LogP contribution in [0.1, 0.15) is 24.8 Å². The van der Waals surface area contributed by atoms with Gasteiger partial charge in [0.05, 0.1) is 17.8 Å². The molecule has 0 saturated carbocycles. The molecule has 1 fully saturated rings. The second-order valence-electron chi connectivity index (χ2n) is 7.13. The van der Waals surface area contributed by atoms with Gasteiger partial charge in [0.15, 0.2) is 0 Å². The van der Waals surface area contributed by atoms with Gasteiger partial charge >= 0.3 is 0 Å². The van der Waals surface area contributed by atoms with E-state index in [0.717, 1.165) is 35.4 Å². The third-order valence-electron chi connectivity index (χ3n) is 5.05. The van der Waals surface area contributed by atoms with Crippen molar-refractivity contribution in [2.24, 2.45) is 0 Å². The number of thiophene rings is 1. The maximum Gasteiger partial charge on any atom is 0.262 e. The lowest BCUT2D eigenvalue weighted by molar-refractivity contribution is -0.121. The zero-order valence-corrected chi connectivity index (χ0v) is 16.6. The first-order valence-electron chi connectivity index (χ1n) is 9.54. The number of rotatable bonds is 6. The summed E-state index contributed by atoms with van der Waals surface area (Å²) in [7, 11) is 0. The largest absolute Gasteiger partial charge is 0.376 e. The minimum atomic E-state index is -0.103. The lowest BCUT2D eigenvalue weighted by Crippen LogP contribution is -2.33. The van der Waals surface area contributed by atoms with Gasteiger partial charge in [-0.3, -0.25) is 14.2 Å².